The van der Waals surface area contributed by atoms with Gasteiger partial charge >= 0.3 is 6.01 Å². The van der Waals surface area contributed by atoms with Crippen LogP contribution in [0.15, 0.2) is 63.9 Å². The standard InChI is InChI=1S/C20H19ClN4O4S/c21-16-10-8-14(9-11-16)19-23-24-20(29-19)22-18(26)15-5-4-12-25(13-15)30(27,28)17-6-2-1-3-7-17/h1-3,6-11,15H,4-5,12-13H2,(H,22,24,26). The topological polar surface area (TPSA) is 105 Å². The Bertz CT molecular complexity index is 1130. The van der Waals surface area contributed by atoms with E-state index in [0.717, 1.165) is 0 Å². The molecule has 0 saturated carbocycles. The number of carbonyl (C=O) groups is 1. The van der Waals surface area contributed by atoms with Crippen LogP contribution in [0, 0.1) is 5.92 Å². The van der Waals surface area contributed by atoms with Crippen molar-refractivity contribution in [3.8, 4) is 11.5 Å². The number of sulfonamides is 1. The molecule has 1 saturated heterocycles. The Hall–Kier alpha value is -2.75. The van der Waals surface area contributed by atoms with Crippen LogP contribution < -0.4 is 5.32 Å². The molecule has 2 heterocycles. The lowest BCUT2D eigenvalue weighted by Crippen LogP contribution is -2.43. The van der Waals surface area contributed by atoms with Gasteiger partial charge in [-0.3, -0.25) is 10.1 Å². The van der Waals surface area contributed by atoms with Crippen LogP contribution in [0.1, 0.15) is 12.8 Å². The number of benzene rings is 2. The third-order valence-electron chi connectivity index (χ3n) is 4.88. The van der Waals surface area contributed by atoms with E-state index in [2.05, 4.69) is 15.5 Å². The van der Waals surface area contributed by atoms with E-state index in [1.807, 2.05) is 0 Å². The Balaban J connectivity index is 1.43. The molecule has 30 heavy (non-hydrogen) atoms. The number of nitrogens with zero attached hydrogens (tertiary/aromatic N) is 3. The van der Waals surface area contributed by atoms with Crippen molar-refractivity contribution in [2.75, 3.05) is 18.4 Å². The third-order valence-corrected chi connectivity index (χ3v) is 7.01. The number of anilines is 1. The van der Waals surface area contributed by atoms with Crippen LogP contribution >= 0.6 is 11.6 Å². The fourth-order valence-electron chi connectivity index (χ4n) is 3.31. The molecule has 1 aromatic heterocycles. The van der Waals surface area contributed by atoms with Gasteiger partial charge in [-0.2, -0.15) is 4.31 Å². The molecule has 156 valence electrons. The predicted molar refractivity (Wildman–Crippen MR) is 111 cm³/mol. The van der Waals surface area contributed by atoms with E-state index >= 15 is 0 Å². The van der Waals surface area contributed by atoms with Crippen LogP contribution in [-0.2, 0) is 14.8 Å². The molecule has 0 spiro atoms. The number of carbonyl (C=O) groups excluding carboxylic acids is 1. The van der Waals surface area contributed by atoms with Crippen molar-refractivity contribution < 1.29 is 17.6 Å². The minimum absolute atomic E-state index is 0.0343. The average Bonchev–Trinajstić information content (AvgIpc) is 3.23. The number of aromatic nitrogens is 2. The number of rotatable bonds is 5. The number of hydrogen-bond donors (Lipinski definition) is 1. The van der Waals surface area contributed by atoms with Crippen molar-refractivity contribution >= 4 is 33.5 Å². The van der Waals surface area contributed by atoms with Gasteiger partial charge in [0.2, 0.25) is 21.8 Å². The van der Waals surface area contributed by atoms with Crippen molar-refractivity contribution in [2.24, 2.45) is 5.92 Å². The minimum Gasteiger partial charge on any atom is -0.403 e. The van der Waals surface area contributed by atoms with Crippen LogP contribution in [0.5, 0.6) is 0 Å². The maximum absolute atomic E-state index is 12.8. The monoisotopic (exact) mass is 446 g/mol. The van der Waals surface area contributed by atoms with Gasteiger partial charge in [-0.15, -0.1) is 5.10 Å². The number of amides is 1. The second-order valence-electron chi connectivity index (χ2n) is 6.92. The van der Waals surface area contributed by atoms with Crippen molar-refractivity contribution in [2.45, 2.75) is 17.7 Å². The first kappa shape index (κ1) is 20.5. The summed E-state index contributed by atoms with van der Waals surface area (Å²) in [7, 11) is -3.65. The Morgan fingerprint density at radius 2 is 1.83 bits per heavy atom. The highest BCUT2D eigenvalue weighted by molar-refractivity contribution is 7.89. The van der Waals surface area contributed by atoms with Crippen LogP contribution in [0.3, 0.4) is 0 Å². The maximum atomic E-state index is 12.8. The van der Waals surface area contributed by atoms with Gasteiger partial charge in [0.25, 0.3) is 0 Å². The molecule has 1 N–H and O–H groups in total. The van der Waals surface area contributed by atoms with Gasteiger partial charge in [-0.1, -0.05) is 34.9 Å². The number of nitrogens with one attached hydrogen (secondary N) is 1. The fraction of sp³-hybridized carbons (Fsp3) is 0.250. The number of piperidine rings is 1. The molecular weight excluding hydrogens is 428 g/mol. The second kappa shape index (κ2) is 8.55. The maximum Gasteiger partial charge on any atom is 0.322 e. The predicted octanol–water partition coefficient (Wildman–Crippen LogP) is 3.43. The first-order valence-electron chi connectivity index (χ1n) is 9.39. The van der Waals surface area contributed by atoms with Gasteiger partial charge in [0.05, 0.1) is 10.8 Å². The quantitative estimate of drug-likeness (QED) is 0.643. The summed E-state index contributed by atoms with van der Waals surface area (Å²) < 4.78 is 32.5. The van der Waals surface area contributed by atoms with E-state index in [-0.39, 0.29) is 29.3 Å². The smallest absolute Gasteiger partial charge is 0.322 e. The molecule has 2 aromatic carbocycles. The minimum atomic E-state index is -3.65. The molecule has 0 aliphatic carbocycles. The van der Waals surface area contributed by atoms with Crippen LogP contribution in [0.2, 0.25) is 5.02 Å². The average molecular weight is 447 g/mol. The molecule has 1 amide bonds. The van der Waals surface area contributed by atoms with Crippen LogP contribution in [0.25, 0.3) is 11.5 Å². The first-order chi connectivity index (χ1) is 14.4. The van der Waals surface area contributed by atoms with Gasteiger partial charge < -0.3 is 4.42 Å². The zero-order chi connectivity index (χ0) is 21.1. The number of halogens is 1. The van der Waals surface area contributed by atoms with Gasteiger partial charge in [-0.25, -0.2) is 8.42 Å². The van der Waals surface area contributed by atoms with Crippen molar-refractivity contribution in [1.29, 1.82) is 0 Å². The summed E-state index contributed by atoms with van der Waals surface area (Å²) in [6.45, 7) is 0.476. The fourth-order valence-corrected chi connectivity index (χ4v) is 4.98. The highest BCUT2D eigenvalue weighted by atomic mass is 35.5. The molecule has 1 unspecified atom stereocenters. The molecule has 0 radical (unpaired) electrons. The van der Waals surface area contributed by atoms with Crippen LogP contribution in [0.4, 0.5) is 6.01 Å². The summed E-state index contributed by atoms with van der Waals surface area (Å²) in [5.41, 5.74) is 0.671. The molecule has 8 nitrogen and oxygen atoms in total. The molecule has 1 aliphatic rings. The lowest BCUT2D eigenvalue weighted by atomic mass is 9.99. The molecular formula is C20H19ClN4O4S. The Labute approximate surface area is 178 Å². The van der Waals surface area contributed by atoms with E-state index in [9.17, 15) is 13.2 Å². The van der Waals surface area contributed by atoms with E-state index in [1.165, 1.54) is 4.31 Å². The molecule has 10 heteroatoms. The first-order valence-corrected chi connectivity index (χ1v) is 11.2. The molecule has 1 fully saturated rings. The molecule has 1 aliphatic heterocycles. The third kappa shape index (κ3) is 4.38. The van der Waals surface area contributed by atoms with Gasteiger partial charge in [-0.05, 0) is 49.2 Å². The highest BCUT2D eigenvalue weighted by Crippen LogP contribution is 2.26. The zero-order valence-corrected chi connectivity index (χ0v) is 17.4. The van der Waals surface area contributed by atoms with Crippen molar-refractivity contribution in [3.05, 3.63) is 59.6 Å². The second-order valence-corrected chi connectivity index (χ2v) is 9.30. The van der Waals surface area contributed by atoms with Crippen LogP contribution in [-0.4, -0.2) is 41.9 Å². The van der Waals surface area contributed by atoms with E-state index in [0.29, 0.717) is 30.0 Å². The summed E-state index contributed by atoms with van der Waals surface area (Å²) in [4.78, 5) is 12.9. The normalized spacial score (nSPS) is 17.6. The lowest BCUT2D eigenvalue weighted by molar-refractivity contribution is -0.121. The van der Waals surface area contributed by atoms with E-state index < -0.39 is 15.9 Å². The Morgan fingerprint density at radius 1 is 1.10 bits per heavy atom. The summed E-state index contributed by atoms with van der Waals surface area (Å²) in [5.74, 6) is -0.615. The molecule has 3 aromatic rings. The van der Waals surface area contributed by atoms with E-state index in [4.69, 9.17) is 16.0 Å². The number of hydrogen-bond acceptors (Lipinski definition) is 6. The Kier molecular flexibility index (Phi) is 5.85. The van der Waals surface area contributed by atoms with Crippen molar-refractivity contribution in [3.63, 3.8) is 0 Å². The molecule has 0 bridgehead atoms. The van der Waals surface area contributed by atoms with Crippen molar-refractivity contribution in [1.82, 2.24) is 14.5 Å². The van der Waals surface area contributed by atoms with Gasteiger partial charge in [0.15, 0.2) is 0 Å². The SMILES string of the molecule is O=C(Nc1nnc(-c2ccc(Cl)cc2)o1)C1CCCN(S(=O)(=O)c2ccccc2)C1. The zero-order valence-electron chi connectivity index (χ0n) is 15.9. The largest absolute Gasteiger partial charge is 0.403 e. The molecule has 1 atom stereocenters. The lowest BCUT2D eigenvalue weighted by Gasteiger charge is -2.30. The highest BCUT2D eigenvalue weighted by Gasteiger charge is 2.33. The summed E-state index contributed by atoms with van der Waals surface area (Å²) in [5, 5.41) is 11.0. The van der Waals surface area contributed by atoms with Gasteiger partial charge in [0, 0.05) is 23.7 Å². The molecule has 4 rings (SSSR count). The Morgan fingerprint density at radius 3 is 2.57 bits per heavy atom. The summed E-state index contributed by atoms with van der Waals surface area (Å²) in [6, 6.07) is 15.0. The van der Waals surface area contributed by atoms with Gasteiger partial charge in [0.1, 0.15) is 0 Å². The summed E-state index contributed by atoms with van der Waals surface area (Å²) in [6.07, 6.45) is 1.16. The van der Waals surface area contributed by atoms with E-state index in [1.54, 1.807) is 54.6 Å². The summed E-state index contributed by atoms with van der Waals surface area (Å²) >= 11 is 5.87.